The fraction of sp³-hybridized carbons (Fsp3) is 0.562. The van der Waals surface area contributed by atoms with Gasteiger partial charge in [-0.3, -0.25) is 0 Å². The van der Waals surface area contributed by atoms with Gasteiger partial charge < -0.3 is 10.4 Å². The zero-order valence-corrected chi connectivity index (χ0v) is 12.7. The molecular formula is C16H22N2OS. The highest BCUT2D eigenvalue weighted by Crippen LogP contribution is 2.31. The smallest absolute Gasteiger partial charge is 0.108 e. The van der Waals surface area contributed by atoms with Crippen LogP contribution in [0.3, 0.4) is 0 Å². The van der Waals surface area contributed by atoms with E-state index in [2.05, 4.69) is 23.3 Å². The van der Waals surface area contributed by atoms with E-state index in [0.29, 0.717) is 6.54 Å². The third-order valence-electron chi connectivity index (χ3n) is 4.27. The van der Waals surface area contributed by atoms with Gasteiger partial charge in [-0.25, -0.2) is 4.98 Å². The lowest BCUT2D eigenvalue weighted by Gasteiger charge is -2.35. The van der Waals surface area contributed by atoms with Crippen molar-refractivity contribution in [2.24, 2.45) is 5.92 Å². The molecule has 1 aliphatic rings. The minimum absolute atomic E-state index is 0.511. The second-order valence-electron chi connectivity index (χ2n) is 6.09. The lowest BCUT2D eigenvalue weighted by Crippen LogP contribution is -2.43. The highest BCUT2D eigenvalue weighted by atomic mass is 32.1. The first kappa shape index (κ1) is 14.0. The quantitative estimate of drug-likeness (QED) is 0.908. The number of para-hydroxylation sites is 1. The summed E-state index contributed by atoms with van der Waals surface area (Å²) < 4.78 is 1.23. The van der Waals surface area contributed by atoms with Crippen LogP contribution in [0.25, 0.3) is 10.2 Å². The average molecular weight is 290 g/mol. The van der Waals surface area contributed by atoms with E-state index < -0.39 is 5.60 Å². The molecule has 1 fully saturated rings. The molecule has 2 N–H and O–H groups in total. The van der Waals surface area contributed by atoms with Gasteiger partial charge in [-0.05, 0) is 43.7 Å². The van der Waals surface area contributed by atoms with Crippen LogP contribution in [0.5, 0.6) is 0 Å². The first-order chi connectivity index (χ1) is 9.65. The summed E-state index contributed by atoms with van der Waals surface area (Å²) in [6.45, 7) is 3.70. The summed E-state index contributed by atoms with van der Waals surface area (Å²) >= 11 is 1.73. The molecule has 0 unspecified atom stereocenters. The molecule has 0 aliphatic heterocycles. The normalized spacial score (nSPS) is 27.0. The topological polar surface area (TPSA) is 45.1 Å². The summed E-state index contributed by atoms with van der Waals surface area (Å²) in [5.41, 5.74) is 0.558. The van der Waals surface area contributed by atoms with Crippen LogP contribution in [0.15, 0.2) is 24.3 Å². The number of thiazole rings is 1. The molecule has 0 saturated heterocycles. The molecule has 1 aliphatic carbocycles. The van der Waals surface area contributed by atoms with Crippen molar-refractivity contribution >= 4 is 21.6 Å². The van der Waals surface area contributed by atoms with Crippen LogP contribution in [-0.4, -0.2) is 22.2 Å². The van der Waals surface area contributed by atoms with Crippen molar-refractivity contribution in [3.63, 3.8) is 0 Å². The highest BCUT2D eigenvalue weighted by Gasteiger charge is 2.31. The summed E-state index contributed by atoms with van der Waals surface area (Å²) in [6, 6.07) is 8.22. The predicted molar refractivity (Wildman–Crippen MR) is 83.9 cm³/mol. The molecule has 0 bridgehead atoms. The Bertz CT molecular complexity index is 540. The Morgan fingerprint density at radius 3 is 2.85 bits per heavy atom. The Balaban J connectivity index is 1.54. The maximum Gasteiger partial charge on any atom is 0.108 e. The SMILES string of the molecule is CC1CCC(O)(CNCc2nc3ccccc3s2)CC1. The van der Waals surface area contributed by atoms with Gasteiger partial charge >= 0.3 is 0 Å². The molecule has 0 radical (unpaired) electrons. The molecule has 108 valence electrons. The van der Waals surface area contributed by atoms with E-state index in [4.69, 9.17) is 0 Å². The van der Waals surface area contributed by atoms with Gasteiger partial charge in [0.1, 0.15) is 5.01 Å². The summed E-state index contributed by atoms with van der Waals surface area (Å²) in [5.74, 6) is 0.763. The summed E-state index contributed by atoms with van der Waals surface area (Å²) in [6.07, 6.45) is 4.11. The maximum atomic E-state index is 10.5. The Kier molecular flexibility index (Phi) is 4.06. The molecule has 1 aromatic heterocycles. The molecule has 3 nitrogen and oxygen atoms in total. The van der Waals surface area contributed by atoms with Crippen molar-refractivity contribution in [2.75, 3.05) is 6.54 Å². The largest absolute Gasteiger partial charge is 0.389 e. The van der Waals surface area contributed by atoms with Crippen molar-refractivity contribution < 1.29 is 5.11 Å². The van der Waals surface area contributed by atoms with Crippen molar-refractivity contribution in [3.05, 3.63) is 29.3 Å². The van der Waals surface area contributed by atoms with E-state index in [9.17, 15) is 5.11 Å². The van der Waals surface area contributed by atoms with Crippen LogP contribution in [0.4, 0.5) is 0 Å². The number of fused-ring (bicyclic) bond motifs is 1. The van der Waals surface area contributed by atoms with Crippen LogP contribution >= 0.6 is 11.3 Å². The zero-order valence-electron chi connectivity index (χ0n) is 11.9. The van der Waals surface area contributed by atoms with Gasteiger partial charge in [0.05, 0.1) is 15.8 Å². The van der Waals surface area contributed by atoms with Crippen molar-refractivity contribution in [2.45, 2.75) is 44.8 Å². The van der Waals surface area contributed by atoms with Gasteiger partial charge in [-0.15, -0.1) is 11.3 Å². The molecule has 20 heavy (non-hydrogen) atoms. The highest BCUT2D eigenvalue weighted by molar-refractivity contribution is 7.18. The van der Waals surface area contributed by atoms with E-state index in [1.54, 1.807) is 11.3 Å². The third-order valence-corrected chi connectivity index (χ3v) is 5.31. The van der Waals surface area contributed by atoms with E-state index in [1.807, 2.05) is 18.2 Å². The molecule has 3 rings (SSSR count). The number of nitrogens with zero attached hydrogens (tertiary/aromatic N) is 1. The van der Waals surface area contributed by atoms with E-state index >= 15 is 0 Å². The van der Waals surface area contributed by atoms with E-state index in [1.165, 1.54) is 4.70 Å². The van der Waals surface area contributed by atoms with Gasteiger partial charge in [0.2, 0.25) is 0 Å². The van der Waals surface area contributed by atoms with Gasteiger partial charge in [0.25, 0.3) is 0 Å². The van der Waals surface area contributed by atoms with Crippen molar-refractivity contribution in [1.29, 1.82) is 0 Å². The first-order valence-corrected chi connectivity index (χ1v) is 8.24. The number of nitrogens with one attached hydrogen (secondary N) is 1. The number of benzene rings is 1. The summed E-state index contributed by atoms with van der Waals surface area (Å²) in [7, 11) is 0. The fourth-order valence-corrected chi connectivity index (χ4v) is 3.81. The van der Waals surface area contributed by atoms with Crippen molar-refractivity contribution in [1.82, 2.24) is 10.3 Å². The van der Waals surface area contributed by atoms with Crippen LogP contribution < -0.4 is 5.32 Å². The van der Waals surface area contributed by atoms with Crippen molar-refractivity contribution in [3.8, 4) is 0 Å². The predicted octanol–water partition coefficient (Wildman–Crippen LogP) is 3.33. The minimum atomic E-state index is -0.511. The van der Waals surface area contributed by atoms with Crippen LogP contribution in [0, 0.1) is 5.92 Å². The Morgan fingerprint density at radius 1 is 1.35 bits per heavy atom. The molecule has 0 atom stereocenters. The molecular weight excluding hydrogens is 268 g/mol. The standard InChI is InChI=1S/C16H22N2OS/c1-12-6-8-16(19,9-7-12)11-17-10-15-18-13-4-2-3-5-14(13)20-15/h2-5,12,17,19H,6-11H2,1H3. The van der Waals surface area contributed by atoms with E-state index in [0.717, 1.165) is 48.7 Å². The van der Waals surface area contributed by atoms with Crippen LogP contribution in [0.2, 0.25) is 0 Å². The third kappa shape index (κ3) is 3.19. The molecule has 2 aromatic rings. The maximum absolute atomic E-state index is 10.5. The lowest BCUT2D eigenvalue weighted by atomic mass is 9.79. The Morgan fingerprint density at radius 2 is 2.10 bits per heavy atom. The second-order valence-corrected chi connectivity index (χ2v) is 7.20. The zero-order chi connectivity index (χ0) is 14.0. The van der Waals surface area contributed by atoms with Gasteiger partial charge in [0.15, 0.2) is 0 Å². The number of aliphatic hydroxyl groups is 1. The monoisotopic (exact) mass is 290 g/mol. The fourth-order valence-electron chi connectivity index (χ4n) is 2.87. The number of hydrogen-bond donors (Lipinski definition) is 2. The molecule has 1 heterocycles. The van der Waals surface area contributed by atoms with Gasteiger partial charge in [-0.1, -0.05) is 19.1 Å². The van der Waals surface area contributed by atoms with Gasteiger partial charge in [0, 0.05) is 13.1 Å². The van der Waals surface area contributed by atoms with E-state index in [-0.39, 0.29) is 0 Å². The average Bonchev–Trinajstić information content (AvgIpc) is 2.85. The molecule has 0 spiro atoms. The Hall–Kier alpha value is -0.970. The summed E-state index contributed by atoms with van der Waals surface area (Å²) in [4.78, 5) is 4.60. The Labute approximate surface area is 124 Å². The number of aromatic nitrogens is 1. The molecule has 1 saturated carbocycles. The second kappa shape index (κ2) is 5.80. The van der Waals surface area contributed by atoms with Gasteiger partial charge in [-0.2, -0.15) is 0 Å². The molecule has 4 heteroatoms. The molecule has 1 aromatic carbocycles. The number of rotatable bonds is 4. The van der Waals surface area contributed by atoms with Crippen LogP contribution in [-0.2, 0) is 6.54 Å². The first-order valence-electron chi connectivity index (χ1n) is 7.42. The van der Waals surface area contributed by atoms with Crippen LogP contribution in [0.1, 0.15) is 37.6 Å². The lowest BCUT2D eigenvalue weighted by molar-refractivity contribution is -0.00629. The minimum Gasteiger partial charge on any atom is -0.389 e. The summed E-state index contributed by atoms with van der Waals surface area (Å²) in [5, 5.41) is 15.0. The number of hydrogen-bond acceptors (Lipinski definition) is 4. The molecule has 0 amide bonds.